The molecule has 0 bridgehead atoms. The highest BCUT2D eigenvalue weighted by Crippen LogP contribution is 2.23. The summed E-state index contributed by atoms with van der Waals surface area (Å²) in [5, 5.41) is 4.56. The van der Waals surface area contributed by atoms with Crippen molar-refractivity contribution in [2.24, 2.45) is 0 Å². The van der Waals surface area contributed by atoms with Crippen molar-refractivity contribution >= 4 is 28.1 Å². The Kier molecular flexibility index (Phi) is 3.28. The number of nitrogen functional groups attached to an aromatic ring is 1. The van der Waals surface area contributed by atoms with E-state index in [-0.39, 0.29) is 11.6 Å². The summed E-state index contributed by atoms with van der Waals surface area (Å²) in [6.07, 6.45) is 0. The van der Waals surface area contributed by atoms with Gasteiger partial charge in [-0.1, -0.05) is 36.4 Å². The molecule has 0 aliphatic rings. The molecule has 1 amide bonds. The molecule has 0 unspecified atom stereocenters. The fraction of sp³-hybridized carbons (Fsp3) is 0. The van der Waals surface area contributed by atoms with Crippen molar-refractivity contribution in [1.29, 1.82) is 0 Å². The average molecular weight is 280 g/mol. The molecule has 0 radical (unpaired) electrons. The summed E-state index contributed by atoms with van der Waals surface area (Å²) < 4.78 is 13.0. The van der Waals surface area contributed by atoms with E-state index in [1.807, 2.05) is 36.4 Å². The Morgan fingerprint density at radius 3 is 2.57 bits per heavy atom. The summed E-state index contributed by atoms with van der Waals surface area (Å²) in [6.45, 7) is 0. The topological polar surface area (TPSA) is 55.1 Å². The van der Waals surface area contributed by atoms with Gasteiger partial charge in [0.1, 0.15) is 5.82 Å². The number of nitrogens with one attached hydrogen (secondary N) is 1. The van der Waals surface area contributed by atoms with E-state index in [9.17, 15) is 9.18 Å². The number of benzene rings is 3. The maximum Gasteiger partial charge on any atom is 0.256 e. The van der Waals surface area contributed by atoms with Crippen LogP contribution in [-0.2, 0) is 0 Å². The lowest BCUT2D eigenvalue weighted by Crippen LogP contribution is -2.13. The fourth-order valence-electron chi connectivity index (χ4n) is 2.26. The van der Waals surface area contributed by atoms with E-state index >= 15 is 0 Å². The second kappa shape index (κ2) is 5.25. The summed E-state index contributed by atoms with van der Waals surface area (Å²) >= 11 is 0. The minimum Gasteiger partial charge on any atom is -0.397 e. The van der Waals surface area contributed by atoms with Gasteiger partial charge in [0.15, 0.2) is 0 Å². The monoisotopic (exact) mass is 280 g/mol. The number of carbonyl (C=O) groups excluding carboxylic acids is 1. The van der Waals surface area contributed by atoms with Crippen molar-refractivity contribution in [3.8, 4) is 0 Å². The number of amides is 1. The predicted molar refractivity (Wildman–Crippen MR) is 82.7 cm³/mol. The SMILES string of the molecule is Nc1cc(F)ccc1NC(=O)c1cccc2ccccc12. The quantitative estimate of drug-likeness (QED) is 0.701. The molecule has 0 heterocycles. The van der Waals surface area contributed by atoms with Gasteiger partial charge in [0.05, 0.1) is 11.4 Å². The van der Waals surface area contributed by atoms with Gasteiger partial charge in [-0.25, -0.2) is 4.39 Å². The maximum absolute atomic E-state index is 13.0. The van der Waals surface area contributed by atoms with E-state index in [0.29, 0.717) is 11.3 Å². The summed E-state index contributed by atoms with van der Waals surface area (Å²) in [7, 11) is 0. The zero-order chi connectivity index (χ0) is 14.8. The van der Waals surface area contributed by atoms with Gasteiger partial charge < -0.3 is 11.1 Å². The van der Waals surface area contributed by atoms with Crippen LogP contribution in [0.5, 0.6) is 0 Å². The first-order valence-corrected chi connectivity index (χ1v) is 6.49. The Morgan fingerprint density at radius 1 is 1.00 bits per heavy atom. The zero-order valence-electron chi connectivity index (χ0n) is 11.1. The summed E-state index contributed by atoms with van der Waals surface area (Å²) in [6, 6.07) is 17.0. The van der Waals surface area contributed by atoms with Crippen LogP contribution in [0.3, 0.4) is 0 Å². The number of carbonyl (C=O) groups is 1. The van der Waals surface area contributed by atoms with Crippen LogP contribution in [0.4, 0.5) is 15.8 Å². The van der Waals surface area contributed by atoms with Crippen LogP contribution in [0.2, 0.25) is 0 Å². The van der Waals surface area contributed by atoms with E-state index < -0.39 is 5.82 Å². The highest BCUT2D eigenvalue weighted by Gasteiger charge is 2.11. The van der Waals surface area contributed by atoms with Crippen LogP contribution in [0.1, 0.15) is 10.4 Å². The van der Waals surface area contributed by atoms with Crippen molar-refractivity contribution in [3.05, 3.63) is 72.0 Å². The molecular formula is C17H13FN2O. The summed E-state index contributed by atoms with van der Waals surface area (Å²) in [4.78, 5) is 12.4. The molecule has 3 aromatic rings. The molecule has 0 aliphatic heterocycles. The normalized spacial score (nSPS) is 10.5. The predicted octanol–water partition coefficient (Wildman–Crippen LogP) is 3.81. The lowest BCUT2D eigenvalue weighted by molar-refractivity contribution is 0.102. The third-order valence-electron chi connectivity index (χ3n) is 3.30. The van der Waals surface area contributed by atoms with Gasteiger partial charge in [0, 0.05) is 5.56 Å². The Balaban J connectivity index is 1.97. The second-order valence-electron chi connectivity index (χ2n) is 4.71. The first-order chi connectivity index (χ1) is 10.1. The third kappa shape index (κ3) is 2.56. The molecule has 3 N–H and O–H groups in total. The van der Waals surface area contributed by atoms with Crippen molar-refractivity contribution in [2.45, 2.75) is 0 Å². The van der Waals surface area contributed by atoms with Crippen LogP contribution in [0.15, 0.2) is 60.7 Å². The molecular weight excluding hydrogens is 267 g/mol. The molecule has 3 rings (SSSR count). The van der Waals surface area contributed by atoms with Crippen molar-refractivity contribution in [2.75, 3.05) is 11.1 Å². The summed E-state index contributed by atoms with van der Waals surface area (Å²) in [5.41, 5.74) is 6.85. The zero-order valence-corrected chi connectivity index (χ0v) is 11.1. The van der Waals surface area contributed by atoms with Crippen molar-refractivity contribution in [3.63, 3.8) is 0 Å². The van der Waals surface area contributed by atoms with Gasteiger partial charge in [-0.05, 0) is 35.0 Å². The Bertz CT molecular complexity index is 825. The number of anilines is 2. The molecule has 0 atom stereocenters. The van der Waals surface area contributed by atoms with Crippen LogP contribution in [-0.4, -0.2) is 5.91 Å². The van der Waals surface area contributed by atoms with Gasteiger partial charge in [-0.15, -0.1) is 0 Å². The maximum atomic E-state index is 13.0. The molecule has 0 fully saturated rings. The van der Waals surface area contributed by atoms with E-state index in [4.69, 9.17) is 5.73 Å². The van der Waals surface area contributed by atoms with Crippen LogP contribution in [0, 0.1) is 5.82 Å². The molecule has 21 heavy (non-hydrogen) atoms. The van der Waals surface area contributed by atoms with E-state index in [1.54, 1.807) is 6.07 Å². The average Bonchev–Trinajstić information content (AvgIpc) is 2.49. The van der Waals surface area contributed by atoms with Crippen LogP contribution in [0.25, 0.3) is 10.8 Å². The second-order valence-corrected chi connectivity index (χ2v) is 4.71. The van der Waals surface area contributed by atoms with Gasteiger partial charge in [0.25, 0.3) is 5.91 Å². The van der Waals surface area contributed by atoms with Crippen LogP contribution >= 0.6 is 0 Å². The molecule has 4 heteroatoms. The van der Waals surface area contributed by atoms with Gasteiger partial charge >= 0.3 is 0 Å². The first kappa shape index (κ1) is 13.1. The molecule has 0 aliphatic carbocycles. The highest BCUT2D eigenvalue weighted by atomic mass is 19.1. The smallest absolute Gasteiger partial charge is 0.256 e. The number of nitrogens with two attached hydrogens (primary N) is 1. The van der Waals surface area contributed by atoms with E-state index in [0.717, 1.165) is 10.8 Å². The van der Waals surface area contributed by atoms with E-state index in [2.05, 4.69) is 5.32 Å². The molecule has 3 nitrogen and oxygen atoms in total. The third-order valence-corrected chi connectivity index (χ3v) is 3.30. The Morgan fingerprint density at radius 2 is 1.76 bits per heavy atom. The Hall–Kier alpha value is -2.88. The fourth-order valence-corrected chi connectivity index (χ4v) is 2.26. The molecule has 0 saturated carbocycles. The van der Waals surface area contributed by atoms with Crippen LogP contribution < -0.4 is 11.1 Å². The van der Waals surface area contributed by atoms with E-state index in [1.165, 1.54) is 18.2 Å². The lowest BCUT2D eigenvalue weighted by atomic mass is 10.0. The first-order valence-electron chi connectivity index (χ1n) is 6.49. The van der Waals surface area contributed by atoms with Gasteiger partial charge in [-0.3, -0.25) is 4.79 Å². The largest absolute Gasteiger partial charge is 0.397 e. The molecule has 0 saturated heterocycles. The number of rotatable bonds is 2. The minimum atomic E-state index is -0.435. The van der Waals surface area contributed by atoms with Gasteiger partial charge in [0.2, 0.25) is 0 Å². The molecule has 0 spiro atoms. The summed E-state index contributed by atoms with van der Waals surface area (Å²) in [5.74, 6) is -0.708. The Labute approximate surface area is 121 Å². The molecule has 3 aromatic carbocycles. The standard InChI is InChI=1S/C17H13FN2O/c18-12-8-9-16(15(19)10-12)20-17(21)14-7-3-5-11-4-1-2-6-13(11)14/h1-10H,19H2,(H,20,21). The van der Waals surface area contributed by atoms with Crippen molar-refractivity contribution < 1.29 is 9.18 Å². The minimum absolute atomic E-state index is 0.198. The molecule has 104 valence electrons. The number of halogens is 1. The molecule has 0 aromatic heterocycles. The lowest BCUT2D eigenvalue weighted by Gasteiger charge is -2.10. The number of fused-ring (bicyclic) bond motifs is 1. The number of hydrogen-bond donors (Lipinski definition) is 2. The van der Waals surface area contributed by atoms with Crippen molar-refractivity contribution in [1.82, 2.24) is 0 Å². The highest BCUT2D eigenvalue weighted by molar-refractivity contribution is 6.13. The number of hydrogen-bond acceptors (Lipinski definition) is 2. The van der Waals surface area contributed by atoms with Gasteiger partial charge in [-0.2, -0.15) is 0 Å².